The van der Waals surface area contributed by atoms with Crippen LogP contribution in [0.3, 0.4) is 0 Å². The maximum absolute atomic E-state index is 11.5. The quantitative estimate of drug-likeness (QED) is 0.299. The standard InChI is InChI=1S/C14H18O9/c1-6-9(15)21-12(4,14(18,19)20)13(5,22-10(16)7-2)23-11(17)8-3/h6-8,18-20H,1-3H2,4-5H3. The summed E-state index contributed by atoms with van der Waals surface area (Å²) in [5, 5.41) is 28.7. The number of carbonyl (C=O) groups excluding carboxylic acids is 3. The van der Waals surface area contributed by atoms with E-state index in [2.05, 4.69) is 24.5 Å². The number of carbonyl (C=O) groups is 3. The zero-order chi connectivity index (χ0) is 18.5. The Morgan fingerprint density at radius 2 is 1.09 bits per heavy atom. The van der Waals surface area contributed by atoms with Crippen LogP contribution in [-0.2, 0) is 28.6 Å². The molecule has 0 bridgehead atoms. The highest BCUT2D eigenvalue weighted by atomic mass is 16.8. The maximum atomic E-state index is 11.5. The fourth-order valence-corrected chi connectivity index (χ4v) is 1.39. The van der Waals surface area contributed by atoms with Crippen LogP contribution in [0.5, 0.6) is 0 Å². The Morgan fingerprint density at radius 1 is 0.783 bits per heavy atom. The van der Waals surface area contributed by atoms with E-state index < -0.39 is 35.3 Å². The average Bonchev–Trinajstić information content (AvgIpc) is 2.44. The molecule has 0 aliphatic heterocycles. The molecule has 0 aromatic carbocycles. The molecule has 9 nitrogen and oxygen atoms in total. The fourth-order valence-electron chi connectivity index (χ4n) is 1.39. The molecular formula is C14H18O9. The van der Waals surface area contributed by atoms with Gasteiger partial charge in [-0.3, -0.25) is 0 Å². The number of rotatable bonds is 8. The normalized spacial score (nSPS) is 14.0. The summed E-state index contributed by atoms with van der Waals surface area (Å²) in [6.07, 6.45) is 1.97. The Labute approximate surface area is 132 Å². The molecule has 3 N–H and O–H groups in total. The molecule has 0 aliphatic carbocycles. The van der Waals surface area contributed by atoms with Gasteiger partial charge in [-0.05, 0) is 6.92 Å². The minimum atomic E-state index is -3.77. The highest BCUT2D eigenvalue weighted by Crippen LogP contribution is 2.38. The molecule has 1 unspecified atom stereocenters. The van der Waals surface area contributed by atoms with Crippen molar-refractivity contribution >= 4 is 17.9 Å². The lowest BCUT2D eigenvalue weighted by atomic mass is 9.92. The lowest BCUT2D eigenvalue weighted by Crippen LogP contribution is -2.69. The zero-order valence-corrected chi connectivity index (χ0v) is 12.6. The van der Waals surface area contributed by atoms with Crippen molar-refractivity contribution in [3.8, 4) is 0 Å². The Morgan fingerprint density at radius 3 is 1.35 bits per heavy atom. The third-order valence-electron chi connectivity index (χ3n) is 2.90. The van der Waals surface area contributed by atoms with Gasteiger partial charge in [-0.2, -0.15) is 0 Å². The summed E-state index contributed by atoms with van der Waals surface area (Å²) in [5.74, 6) is -10.0. The van der Waals surface area contributed by atoms with Crippen molar-refractivity contribution in [2.24, 2.45) is 0 Å². The van der Waals surface area contributed by atoms with Crippen molar-refractivity contribution in [1.29, 1.82) is 0 Å². The average molecular weight is 330 g/mol. The first kappa shape index (κ1) is 20.5. The second-order valence-corrected chi connectivity index (χ2v) is 4.49. The second-order valence-electron chi connectivity index (χ2n) is 4.49. The molecule has 0 fully saturated rings. The van der Waals surface area contributed by atoms with Crippen LogP contribution < -0.4 is 0 Å². The molecule has 23 heavy (non-hydrogen) atoms. The van der Waals surface area contributed by atoms with E-state index in [1.165, 1.54) is 0 Å². The smallest absolute Gasteiger partial charge is 0.333 e. The van der Waals surface area contributed by atoms with E-state index in [0.717, 1.165) is 13.8 Å². The first-order valence-electron chi connectivity index (χ1n) is 6.10. The van der Waals surface area contributed by atoms with Crippen molar-refractivity contribution in [3.05, 3.63) is 38.0 Å². The molecule has 0 heterocycles. The number of hydrogen-bond acceptors (Lipinski definition) is 9. The summed E-state index contributed by atoms with van der Waals surface area (Å²) < 4.78 is 14.2. The first-order valence-corrected chi connectivity index (χ1v) is 6.10. The maximum Gasteiger partial charge on any atom is 0.333 e. The molecule has 0 saturated heterocycles. The van der Waals surface area contributed by atoms with Crippen LogP contribution in [0.4, 0.5) is 0 Å². The summed E-state index contributed by atoms with van der Waals surface area (Å²) in [7, 11) is 0. The van der Waals surface area contributed by atoms with Crippen molar-refractivity contribution in [2.75, 3.05) is 0 Å². The number of esters is 3. The van der Waals surface area contributed by atoms with Crippen LogP contribution >= 0.6 is 0 Å². The molecule has 9 heteroatoms. The summed E-state index contributed by atoms with van der Waals surface area (Å²) in [6, 6.07) is 0. The number of ether oxygens (including phenoxy) is 3. The second kappa shape index (κ2) is 7.18. The van der Waals surface area contributed by atoms with Gasteiger partial charge in [0, 0.05) is 25.2 Å². The minimum absolute atomic E-state index is 0.634. The fraction of sp³-hybridized carbons (Fsp3) is 0.357. The Hall–Kier alpha value is -2.49. The number of hydrogen-bond donors (Lipinski definition) is 3. The zero-order valence-electron chi connectivity index (χ0n) is 12.6. The van der Waals surface area contributed by atoms with Crippen molar-refractivity contribution in [1.82, 2.24) is 0 Å². The van der Waals surface area contributed by atoms with Gasteiger partial charge in [0.05, 0.1) is 0 Å². The van der Waals surface area contributed by atoms with Gasteiger partial charge in [-0.15, -0.1) is 0 Å². The van der Waals surface area contributed by atoms with E-state index in [1.807, 2.05) is 0 Å². The van der Waals surface area contributed by atoms with Gasteiger partial charge >= 0.3 is 29.7 Å². The minimum Gasteiger partial charge on any atom is -0.439 e. The molecule has 1 atom stereocenters. The highest BCUT2D eigenvalue weighted by Gasteiger charge is 2.66. The highest BCUT2D eigenvalue weighted by molar-refractivity contribution is 5.84. The third-order valence-corrected chi connectivity index (χ3v) is 2.90. The lowest BCUT2D eigenvalue weighted by Gasteiger charge is -2.45. The molecular weight excluding hydrogens is 312 g/mol. The molecule has 0 aliphatic rings. The third kappa shape index (κ3) is 4.49. The van der Waals surface area contributed by atoms with Crippen LogP contribution in [0.25, 0.3) is 0 Å². The predicted octanol–water partition coefficient (Wildman–Crippen LogP) is -0.720. The van der Waals surface area contributed by atoms with E-state index in [-0.39, 0.29) is 0 Å². The molecule has 0 spiro atoms. The van der Waals surface area contributed by atoms with Crippen LogP contribution in [-0.4, -0.2) is 50.6 Å². The van der Waals surface area contributed by atoms with E-state index in [4.69, 9.17) is 9.47 Å². The van der Waals surface area contributed by atoms with E-state index in [0.29, 0.717) is 18.2 Å². The Kier molecular flexibility index (Phi) is 6.40. The monoisotopic (exact) mass is 330 g/mol. The predicted molar refractivity (Wildman–Crippen MR) is 75.1 cm³/mol. The largest absolute Gasteiger partial charge is 0.439 e. The van der Waals surface area contributed by atoms with Gasteiger partial charge in [-0.25, -0.2) is 14.4 Å². The van der Waals surface area contributed by atoms with Gasteiger partial charge in [0.15, 0.2) is 0 Å². The van der Waals surface area contributed by atoms with E-state index >= 15 is 0 Å². The number of aliphatic hydroxyl groups is 3. The van der Waals surface area contributed by atoms with Gasteiger partial charge in [0.25, 0.3) is 5.60 Å². The van der Waals surface area contributed by atoms with Crippen LogP contribution in [0.1, 0.15) is 13.8 Å². The van der Waals surface area contributed by atoms with Crippen molar-refractivity contribution in [3.63, 3.8) is 0 Å². The summed E-state index contributed by atoms with van der Waals surface area (Å²) >= 11 is 0. The topological polar surface area (TPSA) is 140 Å². The van der Waals surface area contributed by atoms with Gasteiger partial charge < -0.3 is 29.5 Å². The van der Waals surface area contributed by atoms with Gasteiger partial charge in [-0.1, -0.05) is 19.7 Å². The van der Waals surface area contributed by atoms with Gasteiger partial charge in [0.2, 0.25) is 0 Å². The van der Waals surface area contributed by atoms with Crippen LogP contribution in [0, 0.1) is 0 Å². The summed E-state index contributed by atoms with van der Waals surface area (Å²) in [6.45, 7) is 10.9. The molecule has 0 aromatic rings. The Balaban J connectivity index is 6.18. The van der Waals surface area contributed by atoms with Crippen molar-refractivity contribution in [2.45, 2.75) is 31.2 Å². The van der Waals surface area contributed by atoms with Crippen LogP contribution in [0.15, 0.2) is 38.0 Å². The summed E-state index contributed by atoms with van der Waals surface area (Å²) in [5.41, 5.74) is -2.86. The van der Waals surface area contributed by atoms with E-state index in [9.17, 15) is 29.7 Å². The van der Waals surface area contributed by atoms with Crippen LogP contribution in [0.2, 0.25) is 0 Å². The molecule has 0 saturated carbocycles. The molecule has 0 rings (SSSR count). The molecule has 0 aromatic heterocycles. The Bertz CT molecular complexity index is 507. The lowest BCUT2D eigenvalue weighted by molar-refractivity contribution is -0.438. The molecule has 128 valence electrons. The molecule has 0 amide bonds. The molecule has 0 radical (unpaired) electrons. The summed E-state index contributed by atoms with van der Waals surface area (Å²) in [4.78, 5) is 34.4. The van der Waals surface area contributed by atoms with Gasteiger partial charge in [0.1, 0.15) is 0 Å². The van der Waals surface area contributed by atoms with Crippen molar-refractivity contribution < 1.29 is 43.9 Å². The van der Waals surface area contributed by atoms with E-state index in [1.54, 1.807) is 0 Å². The first-order chi connectivity index (χ1) is 10.4. The SMILES string of the molecule is C=CC(=O)OC(C)(OC(=O)C=C)C(C)(OC(=O)C=C)C(O)(O)O.